The summed E-state index contributed by atoms with van der Waals surface area (Å²) in [5, 5.41) is 3.51. The third-order valence-electron chi connectivity index (χ3n) is 1.25. The average Bonchev–Trinajstić information content (AvgIpc) is 1.82. The number of hydrogen-bond acceptors (Lipinski definition) is 3. The van der Waals surface area contributed by atoms with Crippen molar-refractivity contribution in [3.63, 3.8) is 0 Å². The average molecular weight is 186 g/mol. The Morgan fingerprint density at radius 1 is 1.50 bits per heavy atom. The normalized spacial score (nSPS) is 22.6. The third kappa shape index (κ3) is 3.26. The number of nitrogens with zero attached hydrogens (tertiary/aromatic N) is 1. The van der Waals surface area contributed by atoms with Crippen molar-refractivity contribution in [1.82, 2.24) is 5.32 Å². The summed E-state index contributed by atoms with van der Waals surface area (Å²) in [6.07, 6.45) is 0.605. The van der Waals surface area contributed by atoms with E-state index in [0.717, 1.165) is 10.9 Å². The molecule has 0 aromatic carbocycles. The molecule has 3 nitrogen and oxygen atoms in total. The number of carbonyl (C=O) groups excluding carboxylic acids is 1. The number of rotatable bonds is 0. The molecular formula is C8H14N2OS. The van der Waals surface area contributed by atoms with Crippen LogP contribution in [0.1, 0.15) is 27.2 Å². The highest BCUT2D eigenvalue weighted by molar-refractivity contribution is 8.14. The SMILES string of the molecule is CC(C)(C)N=C1NC(=O)CCS1. The Hall–Kier alpha value is -0.510. The summed E-state index contributed by atoms with van der Waals surface area (Å²) in [6, 6.07) is 0. The Morgan fingerprint density at radius 2 is 2.17 bits per heavy atom. The largest absolute Gasteiger partial charge is 0.305 e. The first-order valence-electron chi connectivity index (χ1n) is 4.00. The topological polar surface area (TPSA) is 41.5 Å². The highest BCUT2D eigenvalue weighted by atomic mass is 32.2. The molecule has 0 aliphatic carbocycles. The highest BCUT2D eigenvalue weighted by Gasteiger charge is 2.16. The molecule has 4 heteroatoms. The van der Waals surface area contributed by atoms with E-state index < -0.39 is 0 Å². The lowest BCUT2D eigenvalue weighted by molar-refractivity contribution is -0.119. The second kappa shape index (κ2) is 3.47. The maximum atomic E-state index is 11.0. The molecule has 1 rings (SSSR count). The molecule has 12 heavy (non-hydrogen) atoms. The van der Waals surface area contributed by atoms with Crippen molar-refractivity contribution >= 4 is 22.8 Å². The summed E-state index contributed by atoms with van der Waals surface area (Å²) in [6.45, 7) is 6.05. The van der Waals surface area contributed by atoms with Gasteiger partial charge >= 0.3 is 0 Å². The van der Waals surface area contributed by atoms with Crippen molar-refractivity contribution in [3.05, 3.63) is 0 Å². The minimum absolute atomic E-state index is 0.0803. The van der Waals surface area contributed by atoms with Gasteiger partial charge in [0.15, 0.2) is 5.17 Å². The quantitative estimate of drug-likeness (QED) is 0.621. The summed E-state index contributed by atoms with van der Waals surface area (Å²) in [5.74, 6) is 0.928. The zero-order valence-corrected chi connectivity index (χ0v) is 8.49. The van der Waals surface area contributed by atoms with Gasteiger partial charge in [-0.05, 0) is 20.8 Å². The lowest BCUT2D eigenvalue weighted by Gasteiger charge is -2.18. The van der Waals surface area contributed by atoms with Crippen molar-refractivity contribution < 1.29 is 4.79 Å². The molecule has 0 spiro atoms. The maximum Gasteiger partial charge on any atom is 0.226 e. The Balaban J connectivity index is 2.62. The highest BCUT2D eigenvalue weighted by Crippen LogP contribution is 2.15. The maximum absolute atomic E-state index is 11.0. The molecule has 1 heterocycles. The summed E-state index contributed by atoms with van der Waals surface area (Å²) >= 11 is 1.61. The fraction of sp³-hybridized carbons (Fsp3) is 0.750. The number of amides is 1. The van der Waals surface area contributed by atoms with Crippen molar-refractivity contribution in [2.75, 3.05) is 5.75 Å². The molecule has 1 aliphatic rings. The van der Waals surface area contributed by atoms with Crippen molar-refractivity contribution in [2.24, 2.45) is 4.99 Å². The molecule has 1 fully saturated rings. The molecule has 0 aromatic rings. The standard InChI is InChI=1S/C8H14N2OS/c1-8(2,3)10-7-9-6(11)4-5-12-7/h4-5H2,1-3H3,(H,9,10,11). The van der Waals surface area contributed by atoms with Crippen LogP contribution in [0.25, 0.3) is 0 Å². The van der Waals surface area contributed by atoms with Crippen LogP contribution in [0.15, 0.2) is 4.99 Å². The van der Waals surface area contributed by atoms with Gasteiger partial charge in [-0.15, -0.1) is 0 Å². The van der Waals surface area contributed by atoms with Crippen LogP contribution >= 0.6 is 11.8 Å². The fourth-order valence-corrected chi connectivity index (χ4v) is 1.83. The van der Waals surface area contributed by atoms with Gasteiger partial charge < -0.3 is 5.32 Å². The van der Waals surface area contributed by atoms with Crippen LogP contribution in [0.5, 0.6) is 0 Å². The molecule has 0 unspecified atom stereocenters. The van der Waals surface area contributed by atoms with E-state index in [1.165, 1.54) is 0 Å². The van der Waals surface area contributed by atoms with Gasteiger partial charge in [-0.1, -0.05) is 11.8 Å². The van der Waals surface area contributed by atoms with Gasteiger partial charge in [0, 0.05) is 12.2 Å². The zero-order chi connectivity index (χ0) is 9.19. The van der Waals surface area contributed by atoms with E-state index >= 15 is 0 Å². The van der Waals surface area contributed by atoms with Gasteiger partial charge in [-0.3, -0.25) is 9.79 Å². The first-order valence-corrected chi connectivity index (χ1v) is 4.98. The van der Waals surface area contributed by atoms with Crippen molar-refractivity contribution in [3.8, 4) is 0 Å². The van der Waals surface area contributed by atoms with E-state index in [0.29, 0.717) is 6.42 Å². The first-order chi connectivity index (χ1) is 5.47. The van der Waals surface area contributed by atoms with Gasteiger partial charge in [0.1, 0.15) is 0 Å². The molecule has 1 amide bonds. The molecule has 0 bridgehead atoms. The predicted octanol–water partition coefficient (Wildman–Crippen LogP) is 1.39. The third-order valence-corrected chi connectivity index (χ3v) is 2.13. The molecular weight excluding hydrogens is 172 g/mol. The Labute approximate surface area is 77.0 Å². The molecule has 0 radical (unpaired) electrons. The summed E-state index contributed by atoms with van der Waals surface area (Å²) in [7, 11) is 0. The number of thioether (sulfide) groups is 1. The molecule has 0 aromatic heterocycles. The predicted molar refractivity (Wildman–Crippen MR) is 52.4 cm³/mol. The number of amidine groups is 1. The lowest BCUT2D eigenvalue weighted by atomic mass is 10.1. The first kappa shape index (κ1) is 9.58. The van der Waals surface area contributed by atoms with E-state index in [1.54, 1.807) is 11.8 Å². The van der Waals surface area contributed by atoms with E-state index in [1.807, 2.05) is 20.8 Å². The van der Waals surface area contributed by atoms with Crippen molar-refractivity contribution in [1.29, 1.82) is 0 Å². The van der Waals surface area contributed by atoms with Gasteiger partial charge in [0.25, 0.3) is 0 Å². The second-order valence-electron chi connectivity index (χ2n) is 3.73. The van der Waals surface area contributed by atoms with Gasteiger partial charge in [0.2, 0.25) is 5.91 Å². The minimum atomic E-state index is -0.104. The summed E-state index contributed by atoms with van der Waals surface area (Å²) < 4.78 is 0. The van der Waals surface area contributed by atoms with E-state index in [4.69, 9.17) is 0 Å². The van der Waals surface area contributed by atoms with Crippen LogP contribution in [0.3, 0.4) is 0 Å². The molecule has 0 atom stereocenters. The lowest BCUT2D eigenvalue weighted by Crippen LogP contribution is -2.34. The van der Waals surface area contributed by atoms with E-state index in [9.17, 15) is 4.79 Å². The number of hydrogen-bond donors (Lipinski definition) is 1. The van der Waals surface area contributed by atoms with Crippen LogP contribution in [-0.2, 0) is 4.79 Å². The fourth-order valence-electron chi connectivity index (χ4n) is 0.823. The van der Waals surface area contributed by atoms with Crippen LogP contribution in [0.4, 0.5) is 0 Å². The van der Waals surface area contributed by atoms with Gasteiger partial charge in [0.05, 0.1) is 5.54 Å². The molecule has 68 valence electrons. The number of aliphatic imine (C=N–C) groups is 1. The monoisotopic (exact) mass is 186 g/mol. The summed E-state index contributed by atoms with van der Waals surface area (Å²) in [5.41, 5.74) is -0.104. The second-order valence-corrected chi connectivity index (χ2v) is 4.82. The van der Waals surface area contributed by atoms with Gasteiger partial charge in [-0.25, -0.2) is 0 Å². The molecule has 1 aliphatic heterocycles. The molecule has 1 N–H and O–H groups in total. The Bertz CT molecular complexity index is 218. The van der Waals surface area contributed by atoms with Crippen molar-refractivity contribution in [2.45, 2.75) is 32.7 Å². The van der Waals surface area contributed by atoms with E-state index in [2.05, 4.69) is 10.3 Å². The smallest absolute Gasteiger partial charge is 0.226 e. The Morgan fingerprint density at radius 3 is 2.67 bits per heavy atom. The number of nitrogens with one attached hydrogen (secondary N) is 1. The van der Waals surface area contributed by atoms with Crippen LogP contribution in [-0.4, -0.2) is 22.4 Å². The Kier molecular flexibility index (Phi) is 2.77. The number of carbonyl (C=O) groups is 1. The van der Waals surface area contributed by atoms with Crippen LogP contribution < -0.4 is 5.32 Å². The molecule has 1 saturated heterocycles. The summed E-state index contributed by atoms with van der Waals surface area (Å²) in [4.78, 5) is 15.3. The molecule has 0 saturated carbocycles. The van der Waals surface area contributed by atoms with Crippen LogP contribution in [0.2, 0.25) is 0 Å². The van der Waals surface area contributed by atoms with E-state index in [-0.39, 0.29) is 11.4 Å². The van der Waals surface area contributed by atoms with Gasteiger partial charge in [-0.2, -0.15) is 0 Å². The van der Waals surface area contributed by atoms with Crippen LogP contribution in [0, 0.1) is 0 Å². The zero-order valence-electron chi connectivity index (χ0n) is 7.68. The minimum Gasteiger partial charge on any atom is -0.305 e.